The summed E-state index contributed by atoms with van der Waals surface area (Å²) in [5.74, 6) is 0. The molecule has 0 aromatic heterocycles. The summed E-state index contributed by atoms with van der Waals surface area (Å²) < 4.78 is 132. The van der Waals surface area contributed by atoms with Crippen molar-refractivity contribution in [3.63, 3.8) is 0 Å². The zero-order chi connectivity index (χ0) is 57.6. The highest BCUT2D eigenvalue weighted by atomic mass is 16.6. The molecule has 480 valence electrons. The minimum Gasteiger partial charge on any atom is -0.382 e. The van der Waals surface area contributed by atoms with Crippen LogP contribution in [0.15, 0.2) is 30.3 Å². The van der Waals surface area contributed by atoms with Gasteiger partial charge in [0, 0.05) is 33.0 Å². The van der Waals surface area contributed by atoms with E-state index in [-0.39, 0.29) is 0 Å². The van der Waals surface area contributed by atoms with E-state index >= 15 is 0 Å². The summed E-state index contributed by atoms with van der Waals surface area (Å²) in [5.41, 5.74) is 1.12. The van der Waals surface area contributed by atoms with Gasteiger partial charge in [0.1, 0.15) is 0 Å². The quantitative estimate of drug-likeness (QED) is 0.0852. The lowest BCUT2D eigenvalue weighted by atomic mass is 10.3. The monoisotopic (exact) mass is 1180 g/mol. The minimum atomic E-state index is 0.488. The maximum atomic E-state index is 5.86. The van der Waals surface area contributed by atoms with Crippen molar-refractivity contribution in [2.75, 3.05) is 336 Å². The fraction of sp³-hybridized carbons (Fsp3) is 0.893. The van der Waals surface area contributed by atoms with Crippen LogP contribution in [-0.2, 0) is 114 Å². The van der Waals surface area contributed by atoms with Crippen molar-refractivity contribution in [2.45, 2.75) is 0 Å². The van der Waals surface area contributed by atoms with Gasteiger partial charge in [0.25, 0.3) is 0 Å². The fourth-order valence-corrected chi connectivity index (χ4v) is 6.25. The van der Waals surface area contributed by atoms with Gasteiger partial charge in [-0.3, -0.25) is 0 Å². The zero-order valence-corrected chi connectivity index (χ0v) is 49.6. The molecule has 0 aliphatic rings. The lowest BCUT2D eigenvalue weighted by Crippen LogP contribution is -2.31. The average molecular weight is 1180 g/mol. The van der Waals surface area contributed by atoms with E-state index in [0.717, 1.165) is 18.8 Å². The molecule has 0 aliphatic heterocycles. The first-order valence-electron chi connectivity index (χ1n) is 28.9. The third-order valence-electron chi connectivity index (χ3n) is 10.4. The Labute approximate surface area is 484 Å². The number of hydrogen-bond acceptors (Lipinski definition) is 25. The molecule has 0 N–H and O–H groups in total. The van der Waals surface area contributed by atoms with E-state index in [1.807, 2.05) is 18.2 Å². The highest BCUT2D eigenvalue weighted by Gasteiger charge is 2.07. The molecule has 0 radical (unpaired) electrons. The van der Waals surface area contributed by atoms with Crippen LogP contribution in [-0.4, -0.2) is 331 Å². The first-order chi connectivity index (χ1) is 40.4. The Morgan fingerprint density at radius 1 is 0.185 bits per heavy atom. The van der Waals surface area contributed by atoms with Crippen molar-refractivity contribution >= 4 is 5.69 Å². The molecule has 0 atom stereocenters. The van der Waals surface area contributed by atoms with E-state index in [1.165, 1.54) is 0 Å². The minimum absolute atomic E-state index is 0.488. The Hall–Kier alpha value is -1.94. The van der Waals surface area contributed by atoms with Crippen molar-refractivity contribution in [1.29, 1.82) is 0 Å². The van der Waals surface area contributed by atoms with E-state index < -0.39 is 0 Å². The third kappa shape index (κ3) is 63.9. The topological polar surface area (TPSA) is 225 Å². The van der Waals surface area contributed by atoms with Gasteiger partial charge < -0.3 is 119 Å². The molecule has 0 bridgehead atoms. The summed E-state index contributed by atoms with van der Waals surface area (Å²) in [6.07, 6.45) is 0. The molecule has 0 fully saturated rings. The van der Waals surface area contributed by atoms with Crippen molar-refractivity contribution < 1.29 is 114 Å². The number of ether oxygens (including phenoxy) is 24. The summed E-state index contributed by atoms with van der Waals surface area (Å²) >= 11 is 0. The fourth-order valence-electron chi connectivity index (χ4n) is 6.25. The van der Waals surface area contributed by atoms with E-state index in [9.17, 15) is 0 Å². The molecule has 25 heteroatoms. The molecular formula is C56H107NO24. The predicted molar refractivity (Wildman–Crippen MR) is 300 cm³/mol. The van der Waals surface area contributed by atoms with Gasteiger partial charge in [-0.05, 0) is 12.1 Å². The molecular weight excluding hydrogens is 1070 g/mol. The second-order valence-electron chi connectivity index (χ2n) is 16.8. The van der Waals surface area contributed by atoms with Gasteiger partial charge in [0.05, 0.1) is 304 Å². The SMILES string of the molecule is COCCOCCOCCOCCOCCOCCOCCOCCOCCOCCOCCOCCN(CCOCCOCCOCCOCCOCCOCCOCCOCCOCCOCCOCCOC)c1ccccc1. The van der Waals surface area contributed by atoms with Crippen LogP contribution >= 0.6 is 0 Å². The lowest BCUT2D eigenvalue weighted by molar-refractivity contribution is -0.0280. The summed E-state index contributed by atoms with van der Waals surface area (Å²) in [5, 5.41) is 0. The Balaban J connectivity index is 1.77. The molecule has 1 aromatic rings. The maximum Gasteiger partial charge on any atom is 0.0701 e. The molecule has 1 rings (SSSR count). The molecule has 0 unspecified atom stereocenters. The van der Waals surface area contributed by atoms with Crippen LogP contribution in [0.1, 0.15) is 0 Å². The average Bonchev–Trinajstić information content (AvgIpc) is 3.48. The van der Waals surface area contributed by atoms with Gasteiger partial charge in [-0.25, -0.2) is 0 Å². The van der Waals surface area contributed by atoms with E-state index in [2.05, 4.69) is 17.0 Å². The Bertz CT molecular complexity index is 1200. The van der Waals surface area contributed by atoms with Crippen LogP contribution < -0.4 is 4.90 Å². The van der Waals surface area contributed by atoms with E-state index in [0.29, 0.717) is 304 Å². The van der Waals surface area contributed by atoms with Crippen molar-refractivity contribution in [3.05, 3.63) is 30.3 Å². The van der Waals surface area contributed by atoms with Crippen LogP contribution in [0.3, 0.4) is 0 Å². The van der Waals surface area contributed by atoms with E-state index in [1.54, 1.807) is 14.2 Å². The lowest BCUT2D eigenvalue weighted by Gasteiger charge is -2.24. The van der Waals surface area contributed by atoms with Crippen molar-refractivity contribution in [1.82, 2.24) is 0 Å². The number of nitrogens with zero attached hydrogens (tertiary/aromatic N) is 1. The number of rotatable bonds is 73. The molecule has 0 spiro atoms. The molecule has 81 heavy (non-hydrogen) atoms. The summed E-state index contributed by atoms with van der Waals surface area (Å²) in [4.78, 5) is 2.25. The normalized spacial score (nSPS) is 11.7. The van der Waals surface area contributed by atoms with Gasteiger partial charge in [-0.1, -0.05) is 18.2 Å². The highest BCUT2D eigenvalue weighted by molar-refractivity contribution is 5.45. The number of benzene rings is 1. The second-order valence-corrected chi connectivity index (χ2v) is 16.8. The number of para-hydroxylation sites is 1. The van der Waals surface area contributed by atoms with Crippen LogP contribution in [0.5, 0.6) is 0 Å². The number of anilines is 1. The predicted octanol–water partition coefficient (Wildman–Crippen LogP) is 2.15. The first-order valence-corrected chi connectivity index (χ1v) is 28.9. The first kappa shape index (κ1) is 77.1. The number of methoxy groups -OCH3 is 2. The largest absolute Gasteiger partial charge is 0.382 e. The highest BCUT2D eigenvalue weighted by Crippen LogP contribution is 2.12. The second kappa shape index (κ2) is 70.5. The Morgan fingerprint density at radius 3 is 0.469 bits per heavy atom. The summed E-state index contributed by atoms with van der Waals surface area (Å²) in [6, 6.07) is 10.2. The van der Waals surface area contributed by atoms with Crippen molar-refractivity contribution in [3.8, 4) is 0 Å². The van der Waals surface area contributed by atoms with Gasteiger partial charge in [-0.2, -0.15) is 0 Å². The van der Waals surface area contributed by atoms with Gasteiger partial charge in [-0.15, -0.1) is 0 Å². The summed E-state index contributed by atoms with van der Waals surface area (Å²) in [7, 11) is 3.29. The molecule has 0 amide bonds. The molecule has 0 saturated heterocycles. The molecule has 0 saturated carbocycles. The van der Waals surface area contributed by atoms with Gasteiger partial charge in [0.15, 0.2) is 0 Å². The van der Waals surface area contributed by atoms with Gasteiger partial charge in [0.2, 0.25) is 0 Å². The Morgan fingerprint density at radius 2 is 0.321 bits per heavy atom. The number of hydrogen-bond donors (Lipinski definition) is 0. The van der Waals surface area contributed by atoms with Crippen LogP contribution in [0.2, 0.25) is 0 Å². The maximum absolute atomic E-state index is 5.86. The van der Waals surface area contributed by atoms with Crippen molar-refractivity contribution in [2.24, 2.45) is 0 Å². The summed E-state index contributed by atoms with van der Waals surface area (Å²) in [6.45, 7) is 25.0. The van der Waals surface area contributed by atoms with Crippen LogP contribution in [0.25, 0.3) is 0 Å². The molecule has 0 aliphatic carbocycles. The Kier molecular flexibility index (Phi) is 67.1. The molecule has 25 nitrogen and oxygen atoms in total. The van der Waals surface area contributed by atoms with E-state index in [4.69, 9.17) is 114 Å². The molecule has 1 aromatic carbocycles. The smallest absolute Gasteiger partial charge is 0.0701 e. The van der Waals surface area contributed by atoms with Crippen LogP contribution in [0.4, 0.5) is 5.69 Å². The molecule has 0 heterocycles. The third-order valence-corrected chi connectivity index (χ3v) is 10.4. The van der Waals surface area contributed by atoms with Crippen LogP contribution in [0, 0.1) is 0 Å². The zero-order valence-electron chi connectivity index (χ0n) is 49.6. The standard InChI is InChI=1S/C56H107NO24/c1-58-12-14-62-20-22-66-28-30-70-36-38-74-44-46-78-52-54-80-50-48-76-42-40-72-34-32-68-26-24-64-18-16-60-10-8-57(56-6-4-3-5-7-56)9-11-61-17-19-65-25-27-69-33-35-73-41-43-77-49-51-81-55-53-79-47-45-75-39-37-71-31-29-67-23-21-63-15-13-59-2/h3-7H,8-55H2,1-2H3. The van der Waals surface area contributed by atoms with Gasteiger partial charge >= 0.3 is 0 Å².